The maximum Gasteiger partial charge on any atom is 0.220 e. The van der Waals surface area contributed by atoms with Crippen LogP contribution >= 0.6 is 0 Å². The molecule has 1 aliphatic heterocycles. The molecule has 1 amide bonds. The van der Waals surface area contributed by atoms with Crippen molar-refractivity contribution in [3.8, 4) is 0 Å². The van der Waals surface area contributed by atoms with Crippen molar-refractivity contribution >= 4 is 5.91 Å². The number of unbranched alkanes of at least 4 members (excludes halogenated alkanes) is 29. The molecule has 0 aliphatic carbocycles. The van der Waals surface area contributed by atoms with Gasteiger partial charge in [0.05, 0.1) is 25.4 Å². The molecule has 1 aliphatic rings. The Kier molecular flexibility index (Phi) is 59.1. The predicted molar refractivity (Wildman–Crippen MR) is 363 cm³/mol. The number of hydrogen-bond acceptors (Lipinski definition) is 8. The number of aliphatic hydroxyl groups is 5. The van der Waals surface area contributed by atoms with Crippen LogP contribution in [0.4, 0.5) is 0 Å². The van der Waals surface area contributed by atoms with E-state index in [4.69, 9.17) is 9.47 Å². The minimum atomic E-state index is -1.58. The first-order valence-corrected chi connectivity index (χ1v) is 34.9. The molecular formula is C76H129NO8. The third kappa shape index (κ3) is 52.0. The van der Waals surface area contributed by atoms with Crippen molar-refractivity contribution in [2.24, 2.45) is 0 Å². The first-order chi connectivity index (χ1) is 41.8. The molecule has 1 rings (SSSR count). The lowest BCUT2D eigenvalue weighted by atomic mass is 9.99. The smallest absolute Gasteiger partial charge is 0.220 e. The van der Waals surface area contributed by atoms with Gasteiger partial charge in [-0.2, -0.15) is 0 Å². The Morgan fingerprint density at radius 3 is 1.08 bits per heavy atom. The van der Waals surface area contributed by atoms with E-state index in [1.807, 2.05) is 6.08 Å². The van der Waals surface area contributed by atoms with E-state index in [-0.39, 0.29) is 12.5 Å². The van der Waals surface area contributed by atoms with Gasteiger partial charge in [0.2, 0.25) is 5.91 Å². The zero-order valence-corrected chi connectivity index (χ0v) is 54.3. The summed E-state index contributed by atoms with van der Waals surface area (Å²) in [5, 5.41) is 54.7. The summed E-state index contributed by atoms with van der Waals surface area (Å²) in [4.78, 5) is 13.1. The van der Waals surface area contributed by atoms with Crippen LogP contribution in [0, 0.1) is 0 Å². The maximum absolute atomic E-state index is 13.1. The van der Waals surface area contributed by atoms with E-state index in [2.05, 4.69) is 141 Å². The summed E-state index contributed by atoms with van der Waals surface area (Å²) in [5.74, 6) is -0.204. The summed E-state index contributed by atoms with van der Waals surface area (Å²) in [5.41, 5.74) is 0. The fraction of sp³-hybridized carbons (Fsp3) is 0.697. The molecule has 6 N–H and O–H groups in total. The average molecular weight is 1180 g/mol. The van der Waals surface area contributed by atoms with Gasteiger partial charge < -0.3 is 40.3 Å². The fourth-order valence-electron chi connectivity index (χ4n) is 10.3. The molecular weight excluding hydrogens is 1050 g/mol. The molecule has 9 heteroatoms. The van der Waals surface area contributed by atoms with Crippen LogP contribution in [-0.2, 0) is 14.3 Å². The van der Waals surface area contributed by atoms with Crippen LogP contribution in [0.15, 0.2) is 134 Å². The predicted octanol–water partition coefficient (Wildman–Crippen LogP) is 19.2. The van der Waals surface area contributed by atoms with Crippen molar-refractivity contribution in [1.82, 2.24) is 5.32 Å². The molecule has 9 nitrogen and oxygen atoms in total. The highest BCUT2D eigenvalue weighted by molar-refractivity contribution is 5.76. The first kappa shape index (κ1) is 79.3. The van der Waals surface area contributed by atoms with Gasteiger partial charge in [-0.05, 0) is 96.3 Å². The second kappa shape index (κ2) is 63.4. The van der Waals surface area contributed by atoms with Crippen LogP contribution in [-0.4, -0.2) is 87.5 Å². The highest BCUT2D eigenvalue weighted by Crippen LogP contribution is 2.23. The van der Waals surface area contributed by atoms with Crippen molar-refractivity contribution in [3.63, 3.8) is 0 Å². The van der Waals surface area contributed by atoms with Crippen molar-refractivity contribution in [2.75, 3.05) is 13.2 Å². The topological polar surface area (TPSA) is 149 Å². The average Bonchev–Trinajstić information content (AvgIpc) is 3.71. The molecule has 0 radical (unpaired) electrons. The Hall–Kier alpha value is -3.67. The number of carbonyl (C=O) groups excluding carboxylic acids is 1. The number of rotatable bonds is 59. The van der Waals surface area contributed by atoms with Crippen LogP contribution in [0.1, 0.15) is 284 Å². The minimum absolute atomic E-state index is 0.204. The number of amides is 1. The Morgan fingerprint density at radius 2 is 0.729 bits per heavy atom. The summed E-state index contributed by atoms with van der Waals surface area (Å²) >= 11 is 0. The SMILES string of the molecule is CC/C=C\C/C=C\C/C=C\C/C=C\C/C=C\C/C=C\C/C=C\C/C=C\C/C=C\C/C=C\CCCCCCC(=O)NC(COC1OC(CO)C(O)C(O)C1O)C(O)/C=C/CCCCCCCCCCCCCCCCCCCCCCCCCCC. The summed E-state index contributed by atoms with van der Waals surface area (Å²) in [6.45, 7) is 3.67. The molecule has 0 aromatic rings. The molecule has 0 bridgehead atoms. The van der Waals surface area contributed by atoms with Crippen LogP contribution in [0.25, 0.3) is 0 Å². The number of nitrogens with one attached hydrogen (secondary N) is 1. The van der Waals surface area contributed by atoms with Gasteiger partial charge in [0.1, 0.15) is 24.4 Å². The van der Waals surface area contributed by atoms with Gasteiger partial charge in [0.15, 0.2) is 6.29 Å². The maximum atomic E-state index is 13.1. The molecule has 0 spiro atoms. The zero-order valence-electron chi connectivity index (χ0n) is 54.3. The molecule has 0 aromatic carbocycles. The number of carbonyl (C=O) groups is 1. The number of hydrogen-bond donors (Lipinski definition) is 6. The quantitative estimate of drug-likeness (QED) is 0.0261. The van der Waals surface area contributed by atoms with E-state index >= 15 is 0 Å². The van der Waals surface area contributed by atoms with Gasteiger partial charge in [0, 0.05) is 6.42 Å². The monoisotopic (exact) mass is 1180 g/mol. The summed E-state index contributed by atoms with van der Waals surface area (Å²) in [6, 6.07) is -0.831. The molecule has 7 atom stereocenters. The van der Waals surface area contributed by atoms with E-state index in [1.165, 1.54) is 148 Å². The molecule has 0 saturated carbocycles. The molecule has 0 aromatic heterocycles. The van der Waals surface area contributed by atoms with Gasteiger partial charge in [-0.25, -0.2) is 0 Å². The van der Waals surface area contributed by atoms with Gasteiger partial charge in [-0.15, -0.1) is 0 Å². The van der Waals surface area contributed by atoms with Crippen LogP contribution in [0.5, 0.6) is 0 Å². The number of allylic oxidation sites excluding steroid dienone is 21. The van der Waals surface area contributed by atoms with Crippen molar-refractivity contribution < 1.29 is 39.8 Å². The highest BCUT2D eigenvalue weighted by Gasteiger charge is 2.44. The van der Waals surface area contributed by atoms with Gasteiger partial charge >= 0.3 is 0 Å². The van der Waals surface area contributed by atoms with E-state index in [1.54, 1.807) is 6.08 Å². The first-order valence-electron chi connectivity index (χ1n) is 34.9. The van der Waals surface area contributed by atoms with Gasteiger partial charge in [0.25, 0.3) is 0 Å². The Labute approximate surface area is 521 Å². The molecule has 1 saturated heterocycles. The number of ether oxygens (including phenoxy) is 2. The van der Waals surface area contributed by atoms with Crippen LogP contribution in [0.3, 0.4) is 0 Å². The normalized spacial score (nSPS) is 19.0. The Bertz CT molecular complexity index is 1800. The molecule has 1 heterocycles. The van der Waals surface area contributed by atoms with E-state index < -0.39 is 49.5 Å². The third-order valence-electron chi connectivity index (χ3n) is 15.7. The lowest BCUT2D eigenvalue weighted by molar-refractivity contribution is -0.302. The highest BCUT2D eigenvalue weighted by atomic mass is 16.7. The number of aliphatic hydroxyl groups excluding tert-OH is 5. The fourth-order valence-corrected chi connectivity index (χ4v) is 10.3. The summed E-state index contributed by atoms with van der Waals surface area (Å²) in [7, 11) is 0. The van der Waals surface area contributed by atoms with Crippen LogP contribution in [0.2, 0.25) is 0 Å². The lowest BCUT2D eigenvalue weighted by Crippen LogP contribution is -2.60. The van der Waals surface area contributed by atoms with Crippen molar-refractivity contribution in [3.05, 3.63) is 134 Å². The van der Waals surface area contributed by atoms with E-state index in [0.29, 0.717) is 6.42 Å². The molecule has 7 unspecified atom stereocenters. The standard InChI is InChI=1S/C76H129NO8/c1-3-5-7-9-11-13-15-17-19-21-23-25-27-29-31-32-33-34-35-36-37-38-40-42-44-46-48-50-52-54-56-58-60-62-64-66-72(80)77-69(68-84-76-75(83)74(82)73(81)71(67-78)85-76)70(79)65-63-61-59-57-55-53-51-49-47-45-43-41-39-30-28-26-24-22-20-18-16-14-12-10-8-6-4-2/h5,7,11,13,17,19,23,25,29,31,33-34,36-37,40,42,46,48,52,54,63,65,69-71,73-76,78-79,81-83H,3-4,6,8-10,12,14-16,18,20-22,24,26-28,30,32,35,38-39,41,43-45,47,49-51,53,55-62,64,66-68H2,1-2H3,(H,77,80)/b7-5-,13-11-,19-17-,25-23-,31-29-,34-33-,37-36-,42-40-,48-46-,54-52-,65-63+. The Balaban J connectivity index is 2.20. The van der Waals surface area contributed by atoms with Crippen LogP contribution < -0.4 is 5.32 Å². The molecule has 85 heavy (non-hydrogen) atoms. The second-order valence-corrected chi connectivity index (χ2v) is 23.6. The minimum Gasteiger partial charge on any atom is -0.394 e. The Morgan fingerprint density at radius 1 is 0.412 bits per heavy atom. The zero-order chi connectivity index (χ0) is 61.4. The van der Waals surface area contributed by atoms with Crippen molar-refractivity contribution in [1.29, 1.82) is 0 Å². The van der Waals surface area contributed by atoms with Gasteiger partial charge in [-0.1, -0.05) is 314 Å². The molecule has 1 fully saturated rings. The van der Waals surface area contributed by atoms with E-state index in [0.717, 1.165) is 116 Å². The lowest BCUT2D eigenvalue weighted by Gasteiger charge is -2.40. The largest absolute Gasteiger partial charge is 0.394 e. The summed E-state index contributed by atoms with van der Waals surface area (Å²) < 4.78 is 11.3. The van der Waals surface area contributed by atoms with Crippen molar-refractivity contribution in [2.45, 2.75) is 326 Å². The van der Waals surface area contributed by atoms with Gasteiger partial charge in [-0.3, -0.25) is 4.79 Å². The molecule has 486 valence electrons. The second-order valence-electron chi connectivity index (χ2n) is 23.6. The summed E-state index contributed by atoms with van der Waals surface area (Å²) in [6.07, 6.45) is 89.7. The van der Waals surface area contributed by atoms with E-state index in [9.17, 15) is 30.3 Å². The third-order valence-corrected chi connectivity index (χ3v) is 15.7.